The van der Waals surface area contributed by atoms with Crippen molar-refractivity contribution >= 4 is 16.5 Å². The van der Waals surface area contributed by atoms with Crippen molar-refractivity contribution in [2.75, 3.05) is 11.9 Å². The zero-order valence-corrected chi connectivity index (χ0v) is 20.4. The summed E-state index contributed by atoms with van der Waals surface area (Å²) in [6.45, 7) is -0.761. The van der Waals surface area contributed by atoms with Gasteiger partial charge in [0, 0.05) is 31.2 Å². The Labute approximate surface area is 223 Å². The molecule has 41 heavy (non-hydrogen) atoms. The first-order valence-electron chi connectivity index (χ1n) is 11.7. The predicted molar refractivity (Wildman–Crippen MR) is 128 cm³/mol. The number of hydrogen-bond acceptors (Lipinski definition) is 7. The molecule has 0 aliphatic heterocycles. The Kier molecular flexibility index (Phi) is 8.10. The van der Waals surface area contributed by atoms with Gasteiger partial charge in [-0.3, -0.25) is 9.59 Å². The Morgan fingerprint density at radius 1 is 1.00 bits per heavy atom. The Morgan fingerprint density at radius 3 is 2.29 bits per heavy atom. The summed E-state index contributed by atoms with van der Waals surface area (Å²) in [6, 6.07) is 1.28. The van der Waals surface area contributed by atoms with Gasteiger partial charge in [0.1, 0.15) is 5.56 Å². The number of alkyl halides is 6. The molecular formula is C24H18F8N6O3. The maximum Gasteiger partial charge on any atom is 0.423 e. The fourth-order valence-electron chi connectivity index (χ4n) is 4.05. The molecular weight excluding hydrogens is 572 g/mol. The number of aliphatic hydroxyl groups is 1. The summed E-state index contributed by atoms with van der Waals surface area (Å²) in [4.78, 5) is 31.4. The van der Waals surface area contributed by atoms with E-state index in [1.807, 2.05) is 0 Å². The van der Waals surface area contributed by atoms with E-state index in [0.29, 0.717) is 12.4 Å². The van der Waals surface area contributed by atoms with E-state index in [-0.39, 0.29) is 24.8 Å². The van der Waals surface area contributed by atoms with Crippen molar-refractivity contribution in [1.82, 2.24) is 24.7 Å². The lowest BCUT2D eigenvalue weighted by molar-refractivity contribution is -0.139. The summed E-state index contributed by atoms with van der Waals surface area (Å²) < 4.78 is 109. The molecule has 3 aromatic heterocycles. The maximum atomic E-state index is 15.0. The molecule has 3 heterocycles. The van der Waals surface area contributed by atoms with Crippen molar-refractivity contribution in [2.24, 2.45) is 0 Å². The molecule has 1 aromatic carbocycles. The van der Waals surface area contributed by atoms with E-state index in [1.54, 1.807) is 5.10 Å². The molecule has 1 unspecified atom stereocenters. The second-order valence-corrected chi connectivity index (χ2v) is 8.78. The second-order valence-electron chi connectivity index (χ2n) is 8.78. The fourth-order valence-corrected chi connectivity index (χ4v) is 4.05. The minimum absolute atomic E-state index is 0.00782. The first-order valence-corrected chi connectivity index (χ1v) is 11.7. The number of rotatable bonds is 8. The lowest BCUT2D eigenvalue weighted by atomic mass is 10.1. The Bertz CT molecular complexity index is 1680. The van der Waals surface area contributed by atoms with Crippen LogP contribution in [0.4, 0.5) is 40.8 Å². The van der Waals surface area contributed by atoms with Gasteiger partial charge < -0.3 is 15.0 Å². The number of aryl methyl sites for hydroxylation is 1. The number of hydrogen-bond donors (Lipinski definition) is 3. The lowest BCUT2D eigenvalue weighted by Gasteiger charge is -2.20. The van der Waals surface area contributed by atoms with Gasteiger partial charge in [-0.05, 0) is 30.4 Å². The predicted octanol–water partition coefficient (Wildman–Crippen LogP) is 4.11. The Balaban J connectivity index is 1.54. The molecule has 4 rings (SSSR count). The minimum Gasteiger partial charge on any atom is -0.394 e. The number of nitrogens with one attached hydrogen (secondary N) is 2. The van der Waals surface area contributed by atoms with Gasteiger partial charge in [0.15, 0.2) is 17.5 Å². The number of aromatic nitrogens is 5. The number of aliphatic hydroxyl groups excluding tert-OH is 1. The smallest absolute Gasteiger partial charge is 0.394 e. The number of pyridine rings is 1. The molecule has 0 saturated heterocycles. The quantitative estimate of drug-likeness (QED) is 0.264. The highest BCUT2D eigenvalue weighted by Crippen LogP contribution is 2.32. The van der Waals surface area contributed by atoms with Gasteiger partial charge in [-0.2, -0.15) is 31.4 Å². The SMILES string of the molecule is O=c1[nH]ncc(NC(CO)CCCn2ccc3cc(-c4ncc(C(F)(F)F)cn4)c(F)c(F)c3c2=O)c1C(F)(F)F. The molecule has 0 fully saturated rings. The summed E-state index contributed by atoms with van der Waals surface area (Å²) in [5.41, 5.74) is -6.39. The largest absolute Gasteiger partial charge is 0.423 e. The highest BCUT2D eigenvalue weighted by Gasteiger charge is 2.37. The molecule has 0 spiro atoms. The van der Waals surface area contributed by atoms with Crippen LogP contribution in [0.25, 0.3) is 22.2 Å². The summed E-state index contributed by atoms with van der Waals surface area (Å²) in [5, 5.41) is 16.3. The van der Waals surface area contributed by atoms with Crippen molar-refractivity contribution in [3.05, 3.63) is 80.4 Å². The zero-order valence-electron chi connectivity index (χ0n) is 20.4. The number of benzene rings is 1. The molecule has 0 aliphatic rings. The van der Waals surface area contributed by atoms with E-state index in [0.717, 1.165) is 16.8 Å². The molecule has 218 valence electrons. The third kappa shape index (κ3) is 6.18. The number of H-pyrrole nitrogens is 1. The van der Waals surface area contributed by atoms with E-state index in [4.69, 9.17) is 0 Å². The second kappa shape index (κ2) is 11.2. The molecule has 3 N–H and O–H groups in total. The van der Waals surface area contributed by atoms with Crippen LogP contribution >= 0.6 is 0 Å². The first-order chi connectivity index (χ1) is 19.2. The van der Waals surface area contributed by atoms with Crippen LogP contribution in [0.5, 0.6) is 0 Å². The maximum absolute atomic E-state index is 15.0. The average Bonchev–Trinajstić information content (AvgIpc) is 2.90. The highest BCUT2D eigenvalue weighted by molar-refractivity contribution is 5.86. The van der Waals surface area contributed by atoms with Crippen LogP contribution in [0.15, 0.2) is 46.5 Å². The van der Waals surface area contributed by atoms with Crippen molar-refractivity contribution in [3.8, 4) is 11.4 Å². The standard InChI is InChI=1S/C24H18F8N6O3/c25-18-14(20-33-7-12(8-34-20)23(27,28)29)6-11-3-5-38(22(41)16(11)19(18)26)4-1-2-13(10-39)36-15-9-35-37-21(40)17(15)24(30,31)32/h3,5-9,13,39H,1-2,4,10H2,(H2,36,37,40). The van der Waals surface area contributed by atoms with Crippen molar-refractivity contribution < 1.29 is 40.2 Å². The van der Waals surface area contributed by atoms with Gasteiger partial charge in [-0.25, -0.2) is 23.8 Å². The van der Waals surface area contributed by atoms with Gasteiger partial charge in [0.2, 0.25) is 0 Å². The average molecular weight is 590 g/mol. The van der Waals surface area contributed by atoms with Gasteiger partial charge in [0.05, 0.1) is 35.0 Å². The van der Waals surface area contributed by atoms with E-state index < -0.39 is 81.3 Å². The summed E-state index contributed by atoms with van der Waals surface area (Å²) in [7, 11) is 0. The van der Waals surface area contributed by atoms with Gasteiger partial charge in [-0.1, -0.05) is 0 Å². The third-order valence-corrected chi connectivity index (χ3v) is 6.04. The van der Waals surface area contributed by atoms with Crippen LogP contribution in [-0.2, 0) is 18.9 Å². The number of aromatic amines is 1. The number of fused-ring (bicyclic) bond motifs is 1. The van der Waals surface area contributed by atoms with Crippen LogP contribution < -0.4 is 16.4 Å². The molecule has 1 atom stereocenters. The zero-order chi connectivity index (χ0) is 30.1. The van der Waals surface area contributed by atoms with Crippen LogP contribution in [0, 0.1) is 11.6 Å². The molecule has 0 saturated carbocycles. The molecule has 0 aliphatic carbocycles. The van der Waals surface area contributed by atoms with E-state index in [2.05, 4.69) is 20.4 Å². The topological polar surface area (TPSA) is 126 Å². The lowest BCUT2D eigenvalue weighted by Crippen LogP contribution is -2.30. The Morgan fingerprint density at radius 2 is 1.68 bits per heavy atom. The summed E-state index contributed by atoms with van der Waals surface area (Å²) in [5.74, 6) is -3.66. The van der Waals surface area contributed by atoms with E-state index in [9.17, 15) is 49.8 Å². The third-order valence-electron chi connectivity index (χ3n) is 6.04. The van der Waals surface area contributed by atoms with Crippen molar-refractivity contribution in [3.63, 3.8) is 0 Å². The van der Waals surface area contributed by atoms with E-state index in [1.165, 1.54) is 12.3 Å². The molecule has 17 heteroatoms. The van der Waals surface area contributed by atoms with Crippen LogP contribution in [0.2, 0.25) is 0 Å². The normalized spacial score (nSPS) is 13.0. The first kappa shape index (κ1) is 29.6. The fraction of sp³-hybridized carbons (Fsp3) is 0.292. The van der Waals surface area contributed by atoms with Gasteiger partial charge >= 0.3 is 12.4 Å². The van der Waals surface area contributed by atoms with Crippen LogP contribution in [-0.4, -0.2) is 42.5 Å². The van der Waals surface area contributed by atoms with Gasteiger partial charge in [-0.15, -0.1) is 0 Å². The molecule has 9 nitrogen and oxygen atoms in total. The van der Waals surface area contributed by atoms with Crippen LogP contribution in [0.3, 0.4) is 0 Å². The molecule has 0 bridgehead atoms. The number of anilines is 1. The summed E-state index contributed by atoms with van der Waals surface area (Å²) >= 11 is 0. The molecule has 0 amide bonds. The van der Waals surface area contributed by atoms with Crippen LogP contribution in [0.1, 0.15) is 24.0 Å². The number of nitrogens with zero attached hydrogens (tertiary/aromatic N) is 4. The monoisotopic (exact) mass is 590 g/mol. The minimum atomic E-state index is -5.00. The van der Waals surface area contributed by atoms with Crippen molar-refractivity contribution in [1.29, 1.82) is 0 Å². The van der Waals surface area contributed by atoms with E-state index >= 15 is 0 Å². The Hall–Kier alpha value is -4.41. The highest BCUT2D eigenvalue weighted by atomic mass is 19.4. The molecule has 0 radical (unpaired) electrons. The number of halogens is 8. The van der Waals surface area contributed by atoms with Gasteiger partial charge in [0.25, 0.3) is 11.1 Å². The molecule has 4 aromatic rings. The summed E-state index contributed by atoms with van der Waals surface area (Å²) in [6.07, 6.45) is -6.89. The van der Waals surface area contributed by atoms with Crippen molar-refractivity contribution in [2.45, 2.75) is 37.8 Å².